The summed E-state index contributed by atoms with van der Waals surface area (Å²) < 4.78 is 28.4. The summed E-state index contributed by atoms with van der Waals surface area (Å²) in [5, 5.41) is 0. The van der Waals surface area contributed by atoms with E-state index in [1.54, 1.807) is 0 Å². The highest BCUT2D eigenvalue weighted by Crippen LogP contribution is 2.38. The first-order valence-corrected chi connectivity index (χ1v) is 10.2. The molecular weight excluding hydrogens is 326 g/mol. The first-order chi connectivity index (χ1) is 12.6. The fraction of sp³-hybridized carbons (Fsp3) is 0.500. The molecule has 140 valence electrons. The molecule has 0 nitrogen and oxygen atoms in total. The second-order valence-electron chi connectivity index (χ2n) is 7.80. The molecule has 2 aromatic carbocycles. The Hall–Kier alpha value is -1.70. The molecule has 0 bridgehead atoms. The third kappa shape index (κ3) is 4.34. The Morgan fingerprint density at radius 3 is 1.96 bits per heavy atom. The molecule has 2 aromatic rings. The van der Waals surface area contributed by atoms with E-state index in [0.717, 1.165) is 17.9 Å². The van der Waals surface area contributed by atoms with E-state index in [4.69, 9.17) is 0 Å². The zero-order chi connectivity index (χ0) is 18.5. The van der Waals surface area contributed by atoms with E-state index in [0.29, 0.717) is 17.9 Å². The summed E-state index contributed by atoms with van der Waals surface area (Å²) in [6, 6.07) is 11.3. The maximum Gasteiger partial charge on any atom is 0.129 e. The molecular formula is C24H30F2. The van der Waals surface area contributed by atoms with Crippen LogP contribution < -0.4 is 0 Å². The van der Waals surface area contributed by atoms with Gasteiger partial charge in [0.25, 0.3) is 0 Å². The SMILES string of the molecule is CCCc1c(F)cc(-c2ccc(C3CCC(CCC)CC3)cc2)cc1F. The predicted molar refractivity (Wildman–Crippen MR) is 105 cm³/mol. The van der Waals surface area contributed by atoms with Crippen molar-refractivity contribution in [1.82, 2.24) is 0 Å². The number of rotatable bonds is 6. The Kier molecular flexibility index (Phi) is 6.45. The highest BCUT2D eigenvalue weighted by Gasteiger charge is 2.21. The van der Waals surface area contributed by atoms with Gasteiger partial charge in [0.05, 0.1) is 0 Å². The minimum Gasteiger partial charge on any atom is -0.207 e. The molecule has 26 heavy (non-hydrogen) atoms. The van der Waals surface area contributed by atoms with Crippen LogP contribution in [0.25, 0.3) is 11.1 Å². The van der Waals surface area contributed by atoms with Crippen LogP contribution in [0.3, 0.4) is 0 Å². The molecule has 0 saturated heterocycles. The van der Waals surface area contributed by atoms with Gasteiger partial charge in [-0.15, -0.1) is 0 Å². The monoisotopic (exact) mass is 356 g/mol. The molecule has 2 heteroatoms. The van der Waals surface area contributed by atoms with E-state index in [1.165, 1.54) is 56.2 Å². The van der Waals surface area contributed by atoms with Crippen LogP contribution in [0.1, 0.15) is 75.8 Å². The van der Waals surface area contributed by atoms with Gasteiger partial charge in [-0.3, -0.25) is 0 Å². The summed E-state index contributed by atoms with van der Waals surface area (Å²) in [4.78, 5) is 0. The van der Waals surface area contributed by atoms with Gasteiger partial charge >= 0.3 is 0 Å². The summed E-state index contributed by atoms with van der Waals surface area (Å²) in [5.74, 6) is 0.681. The van der Waals surface area contributed by atoms with E-state index < -0.39 is 11.6 Å². The first-order valence-electron chi connectivity index (χ1n) is 10.2. The Bertz CT molecular complexity index is 686. The van der Waals surface area contributed by atoms with Crippen LogP contribution in [0.2, 0.25) is 0 Å². The Morgan fingerprint density at radius 2 is 1.42 bits per heavy atom. The zero-order valence-corrected chi connectivity index (χ0v) is 16.0. The van der Waals surface area contributed by atoms with Gasteiger partial charge in [-0.25, -0.2) is 8.78 Å². The van der Waals surface area contributed by atoms with Crippen molar-refractivity contribution in [3.05, 3.63) is 59.2 Å². The van der Waals surface area contributed by atoms with Gasteiger partial charge in [0, 0.05) is 5.56 Å². The molecule has 0 atom stereocenters. The van der Waals surface area contributed by atoms with E-state index in [1.807, 2.05) is 19.1 Å². The summed E-state index contributed by atoms with van der Waals surface area (Å²) in [6.45, 7) is 4.20. The molecule has 1 aliphatic rings. The molecule has 0 radical (unpaired) electrons. The third-order valence-corrected chi connectivity index (χ3v) is 5.90. The first kappa shape index (κ1) is 19.1. The predicted octanol–water partition coefficient (Wildman–Crippen LogP) is 7.66. The summed E-state index contributed by atoms with van der Waals surface area (Å²) in [5.41, 5.74) is 3.08. The van der Waals surface area contributed by atoms with E-state index >= 15 is 0 Å². The van der Waals surface area contributed by atoms with Gasteiger partial charge in [-0.05, 0) is 72.8 Å². The van der Waals surface area contributed by atoms with E-state index in [9.17, 15) is 8.78 Å². The molecule has 1 saturated carbocycles. The molecule has 0 unspecified atom stereocenters. The van der Waals surface area contributed by atoms with Crippen LogP contribution in [0.4, 0.5) is 8.78 Å². The highest BCUT2D eigenvalue weighted by molar-refractivity contribution is 5.64. The van der Waals surface area contributed by atoms with Crippen LogP contribution in [0.15, 0.2) is 36.4 Å². The summed E-state index contributed by atoms with van der Waals surface area (Å²) in [7, 11) is 0. The molecule has 1 fully saturated rings. The Labute approximate surface area is 156 Å². The maximum absolute atomic E-state index is 14.2. The number of halogens is 2. The largest absolute Gasteiger partial charge is 0.207 e. The lowest BCUT2D eigenvalue weighted by Crippen LogP contribution is -2.13. The van der Waals surface area contributed by atoms with Crippen molar-refractivity contribution in [2.45, 2.75) is 71.1 Å². The standard InChI is InChI=1S/C24H30F2/c1-3-5-17-7-9-18(10-8-17)19-11-13-20(14-12-19)21-15-23(25)22(6-4-2)24(26)16-21/h11-18H,3-10H2,1-2H3. The number of hydrogen-bond donors (Lipinski definition) is 0. The Balaban J connectivity index is 1.72. The van der Waals surface area contributed by atoms with Crippen molar-refractivity contribution in [1.29, 1.82) is 0 Å². The molecule has 3 rings (SSSR count). The smallest absolute Gasteiger partial charge is 0.129 e. The minimum atomic E-state index is -0.430. The van der Waals surface area contributed by atoms with Gasteiger partial charge < -0.3 is 0 Å². The van der Waals surface area contributed by atoms with Gasteiger partial charge in [-0.1, -0.05) is 57.4 Å². The van der Waals surface area contributed by atoms with E-state index in [2.05, 4.69) is 19.1 Å². The average Bonchev–Trinajstić information content (AvgIpc) is 2.66. The topological polar surface area (TPSA) is 0 Å². The number of benzene rings is 2. The molecule has 0 aromatic heterocycles. The van der Waals surface area contributed by atoms with Crippen LogP contribution in [0, 0.1) is 17.6 Å². The van der Waals surface area contributed by atoms with E-state index in [-0.39, 0.29) is 5.56 Å². The quantitative estimate of drug-likeness (QED) is 0.498. The van der Waals surface area contributed by atoms with Crippen molar-refractivity contribution >= 4 is 0 Å². The highest BCUT2D eigenvalue weighted by atomic mass is 19.1. The molecule has 1 aliphatic carbocycles. The molecule has 0 amide bonds. The minimum absolute atomic E-state index is 0.205. The molecule has 0 N–H and O–H groups in total. The van der Waals surface area contributed by atoms with Crippen LogP contribution in [-0.4, -0.2) is 0 Å². The van der Waals surface area contributed by atoms with Gasteiger partial charge in [0.15, 0.2) is 0 Å². The average molecular weight is 357 g/mol. The van der Waals surface area contributed by atoms with Crippen molar-refractivity contribution in [2.75, 3.05) is 0 Å². The second kappa shape index (κ2) is 8.79. The fourth-order valence-corrected chi connectivity index (χ4v) is 4.40. The lowest BCUT2D eigenvalue weighted by Gasteiger charge is -2.28. The van der Waals surface area contributed by atoms with Crippen LogP contribution in [-0.2, 0) is 6.42 Å². The third-order valence-electron chi connectivity index (χ3n) is 5.90. The van der Waals surface area contributed by atoms with Gasteiger partial charge in [-0.2, -0.15) is 0 Å². The maximum atomic E-state index is 14.2. The summed E-state index contributed by atoms with van der Waals surface area (Å²) in [6.07, 6.45) is 9.01. The van der Waals surface area contributed by atoms with Gasteiger partial charge in [0.1, 0.15) is 11.6 Å². The second-order valence-corrected chi connectivity index (χ2v) is 7.80. The van der Waals surface area contributed by atoms with Crippen LogP contribution in [0.5, 0.6) is 0 Å². The fourth-order valence-electron chi connectivity index (χ4n) is 4.40. The van der Waals surface area contributed by atoms with Crippen molar-refractivity contribution in [3.8, 4) is 11.1 Å². The zero-order valence-electron chi connectivity index (χ0n) is 16.0. The molecule has 0 spiro atoms. The van der Waals surface area contributed by atoms with Crippen molar-refractivity contribution < 1.29 is 8.78 Å². The number of hydrogen-bond acceptors (Lipinski definition) is 0. The van der Waals surface area contributed by atoms with Crippen molar-refractivity contribution in [3.63, 3.8) is 0 Å². The Morgan fingerprint density at radius 1 is 0.808 bits per heavy atom. The molecule has 0 aliphatic heterocycles. The van der Waals surface area contributed by atoms with Crippen molar-refractivity contribution in [2.24, 2.45) is 5.92 Å². The molecule has 0 heterocycles. The van der Waals surface area contributed by atoms with Crippen LogP contribution >= 0.6 is 0 Å². The lowest BCUT2D eigenvalue weighted by atomic mass is 9.77. The van der Waals surface area contributed by atoms with Gasteiger partial charge in [0.2, 0.25) is 0 Å². The summed E-state index contributed by atoms with van der Waals surface area (Å²) >= 11 is 0. The normalized spacial score (nSPS) is 20.3. The lowest BCUT2D eigenvalue weighted by molar-refractivity contribution is 0.308.